The number of hydrogen-bond acceptors (Lipinski definition) is 2. The van der Waals surface area contributed by atoms with Crippen molar-refractivity contribution in [3.05, 3.63) is 47.7 Å². The Morgan fingerprint density at radius 2 is 1.81 bits per heavy atom. The molecule has 0 heterocycles. The van der Waals surface area contributed by atoms with Gasteiger partial charge in [-0.05, 0) is 12.1 Å². The van der Waals surface area contributed by atoms with Gasteiger partial charge in [-0.2, -0.15) is 13.2 Å². The van der Waals surface area contributed by atoms with Crippen LogP contribution in [0.5, 0.6) is 0 Å². The van der Waals surface area contributed by atoms with Crippen LogP contribution in [-0.2, 0) is 6.18 Å². The number of benzene rings is 1. The molecule has 0 aliphatic rings. The van der Waals surface area contributed by atoms with Crippen LogP contribution in [0, 0.1) is 0 Å². The summed E-state index contributed by atoms with van der Waals surface area (Å²) in [6.45, 7) is 0. The zero-order valence-electron chi connectivity index (χ0n) is 8.41. The average Bonchev–Trinajstić information content (AvgIpc) is 2.17. The number of halogens is 3. The van der Waals surface area contributed by atoms with Gasteiger partial charge in [-0.3, -0.25) is 4.79 Å². The second-order valence-electron chi connectivity index (χ2n) is 2.71. The maximum absolute atomic E-state index is 12.4. The van der Waals surface area contributed by atoms with Gasteiger partial charge in [0, 0.05) is 5.56 Å². The van der Waals surface area contributed by atoms with Gasteiger partial charge in [-0.1, -0.05) is 18.2 Å². The quantitative estimate of drug-likeness (QED) is 0.280. The first-order valence-corrected chi connectivity index (χ1v) is 3.96. The number of ketones is 1. The second kappa shape index (κ2) is 6.08. The maximum atomic E-state index is 12.4. The molecule has 0 spiro atoms. The molecule has 0 saturated carbocycles. The Balaban J connectivity index is 0.00000225. The van der Waals surface area contributed by atoms with Gasteiger partial charge in [0.2, 0.25) is 0 Å². The molecule has 6 heteroatoms. The van der Waals surface area contributed by atoms with Crippen LogP contribution < -0.4 is 34.7 Å². The summed E-state index contributed by atoms with van der Waals surface area (Å²) in [5.74, 6) is -0.946. The summed E-state index contributed by atoms with van der Waals surface area (Å²) < 4.78 is 37.2. The number of hydrogen-bond donors (Lipinski definition) is 0. The molecular weight excluding hydrogens is 232 g/mol. The number of carbonyl (C=O) groups is 1. The Hall–Kier alpha value is -0.780. The zero-order chi connectivity index (χ0) is 11.5. The number of alkyl halides is 3. The molecule has 1 aromatic rings. The third-order valence-electron chi connectivity index (χ3n) is 1.72. The van der Waals surface area contributed by atoms with Crippen LogP contribution in [0.25, 0.3) is 0 Å². The van der Waals surface area contributed by atoms with Gasteiger partial charge in [0.1, 0.15) is 0 Å². The summed E-state index contributed by atoms with van der Waals surface area (Å²) in [6.07, 6.45) is -3.87. The van der Waals surface area contributed by atoms with Crippen LogP contribution >= 0.6 is 0 Å². The fourth-order valence-electron chi connectivity index (χ4n) is 1.10. The van der Waals surface area contributed by atoms with Gasteiger partial charge in [-0.25, -0.2) is 0 Å². The normalized spacial score (nSPS) is 11.2. The first-order chi connectivity index (χ1) is 6.96. The summed E-state index contributed by atoms with van der Waals surface area (Å²) in [7, 11) is 0. The van der Waals surface area contributed by atoms with Gasteiger partial charge in [0.25, 0.3) is 0 Å². The molecule has 1 aromatic carbocycles. The minimum absolute atomic E-state index is 0. The monoisotopic (exact) mass is 238 g/mol. The van der Waals surface area contributed by atoms with Crippen molar-refractivity contribution in [1.82, 2.24) is 0 Å². The second-order valence-corrected chi connectivity index (χ2v) is 2.71. The molecule has 0 aliphatic carbocycles. The smallest absolute Gasteiger partial charge is 0.878 e. The summed E-state index contributed by atoms with van der Waals surface area (Å²) in [4.78, 5) is 11.1. The van der Waals surface area contributed by atoms with E-state index in [1.807, 2.05) is 0 Å². The van der Waals surface area contributed by atoms with E-state index < -0.39 is 23.1 Å². The molecule has 0 fully saturated rings. The van der Waals surface area contributed by atoms with E-state index in [0.717, 1.165) is 12.1 Å². The standard InChI is InChI=1S/C10H7F3O2.Na/c11-10(12,13)8-4-2-1-3-7(8)9(15)5-6-14;/h1-6,14H;/q;+1/p-1. The van der Waals surface area contributed by atoms with Crippen LogP contribution in [-0.4, -0.2) is 5.78 Å². The molecule has 0 bridgehead atoms. The van der Waals surface area contributed by atoms with E-state index in [4.69, 9.17) is 0 Å². The summed E-state index contributed by atoms with van der Waals surface area (Å²) in [5.41, 5.74) is -1.55. The van der Waals surface area contributed by atoms with Crippen LogP contribution in [0.15, 0.2) is 36.6 Å². The van der Waals surface area contributed by atoms with E-state index in [-0.39, 0.29) is 35.8 Å². The third-order valence-corrected chi connectivity index (χ3v) is 1.72. The predicted molar refractivity (Wildman–Crippen MR) is 44.9 cm³/mol. The summed E-state index contributed by atoms with van der Waals surface area (Å²) in [5, 5.41) is 9.99. The van der Waals surface area contributed by atoms with Gasteiger partial charge < -0.3 is 5.11 Å². The van der Waals surface area contributed by atoms with Gasteiger partial charge in [-0.15, -0.1) is 6.26 Å². The topological polar surface area (TPSA) is 40.1 Å². The fraction of sp³-hybridized carbons (Fsp3) is 0.100. The summed E-state index contributed by atoms with van der Waals surface area (Å²) in [6, 6.07) is 4.32. The van der Waals surface area contributed by atoms with E-state index in [1.54, 1.807) is 0 Å². The van der Waals surface area contributed by atoms with Crippen molar-refractivity contribution in [2.24, 2.45) is 0 Å². The molecule has 16 heavy (non-hydrogen) atoms. The van der Waals surface area contributed by atoms with Crippen LogP contribution in [0.1, 0.15) is 15.9 Å². The van der Waals surface area contributed by atoms with Gasteiger partial charge in [0.05, 0.1) is 5.56 Å². The Morgan fingerprint density at radius 3 is 2.31 bits per heavy atom. The minimum Gasteiger partial charge on any atom is -0.878 e. The Morgan fingerprint density at radius 1 is 1.25 bits per heavy atom. The average molecular weight is 238 g/mol. The van der Waals surface area contributed by atoms with Crippen molar-refractivity contribution in [1.29, 1.82) is 0 Å². The fourth-order valence-corrected chi connectivity index (χ4v) is 1.10. The van der Waals surface area contributed by atoms with Crippen molar-refractivity contribution >= 4 is 5.78 Å². The van der Waals surface area contributed by atoms with E-state index >= 15 is 0 Å². The molecule has 0 radical (unpaired) electrons. The molecule has 0 aliphatic heterocycles. The first-order valence-electron chi connectivity index (χ1n) is 3.96. The maximum Gasteiger partial charge on any atom is 1.00 e. The number of carbonyl (C=O) groups excluding carboxylic acids is 1. The Bertz CT molecular complexity index is 399. The Labute approximate surface area is 112 Å². The largest absolute Gasteiger partial charge is 1.00 e. The van der Waals surface area contributed by atoms with E-state index in [1.165, 1.54) is 12.1 Å². The van der Waals surface area contributed by atoms with E-state index in [2.05, 4.69) is 0 Å². The summed E-state index contributed by atoms with van der Waals surface area (Å²) >= 11 is 0. The molecule has 0 unspecified atom stereocenters. The molecular formula is C10H6F3NaO2. The van der Waals surface area contributed by atoms with Gasteiger partial charge in [0.15, 0.2) is 5.78 Å². The first kappa shape index (κ1) is 15.2. The van der Waals surface area contributed by atoms with Crippen molar-refractivity contribution in [3.8, 4) is 0 Å². The van der Waals surface area contributed by atoms with Gasteiger partial charge >= 0.3 is 35.7 Å². The number of allylic oxidation sites excluding steroid dienone is 1. The molecule has 0 amide bonds. The molecule has 0 atom stereocenters. The molecule has 0 N–H and O–H groups in total. The van der Waals surface area contributed by atoms with Crippen LogP contribution in [0.2, 0.25) is 0 Å². The van der Waals surface area contributed by atoms with Crippen LogP contribution in [0.3, 0.4) is 0 Å². The zero-order valence-corrected chi connectivity index (χ0v) is 10.4. The van der Waals surface area contributed by atoms with Crippen molar-refractivity contribution in [2.45, 2.75) is 6.18 Å². The molecule has 0 saturated heterocycles. The molecule has 0 aromatic heterocycles. The molecule has 1 rings (SSSR count). The number of rotatable bonds is 2. The predicted octanol–water partition coefficient (Wildman–Crippen LogP) is -1.23. The van der Waals surface area contributed by atoms with Crippen molar-refractivity contribution < 1.29 is 52.6 Å². The van der Waals surface area contributed by atoms with Crippen molar-refractivity contribution in [3.63, 3.8) is 0 Å². The molecule has 80 valence electrons. The van der Waals surface area contributed by atoms with E-state index in [0.29, 0.717) is 6.08 Å². The Kier molecular flexibility index (Phi) is 5.78. The van der Waals surface area contributed by atoms with Crippen LogP contribution in [0.4, 0.5) is 13.2 Å². The van der Waals surface area contributed by atoms with E-state index in [9.17, 15) is 23.1 Å². The SMILES string of the molecule is O=C(C=C[O-])c1ccccc1C(F)(F)F.[Na+]. The third kappa shape index (κ3) is 3.66. The molecule has 2 nitrogen and oxygen atoms in total. The minimum atomic E-state index is -4.59. The van der Waals surface area contributed by atoms with Crippen molar-refractivity contribution in [2.75, 3.05) is 0 Å².